The predicted octanol–water partition coefficient (Wildman–Crippen LogP) is 3.72. The van der Waals surface area contributed by atoms with Crippen molar-refractivity contribution in [3.8, 4) is 0 Å². The van der Waals surface area contributed by atoms with Crippen LogP contribution in [0, 0.1) is 5.82 Å². The van der Waals surface area contributed by atoms with E-state index in [0.717, 1.165) is 0 Å². The first-order chi connectivity index (χ1) is 7.72. The Bertz CT molecular complexity index is 372. The molecule has 0 fully saturated rings. The van der Waals surface area contributed by atoms with E-state index >= 15 is 0 Å². The number of hydrogen-bond acceptors (Lipinski definition) is 2. The van der Waals surface area contributed by atoms with Crippen molar-refractivity contribution in [3.05, 3.63) is 34.6 Å². The van der Waals surface area contributed by atoms with Gasteiger partial charge in [0.15, 0.2) is 8.32 Å². The Morgan fingerprint density at radius 2 is 1.94 bits per heavy atom. The van der Waals surface area contributed by atoms with Gasteiger partial charge < -0.3 is 10.2 Å². The lowest BCUT2D eigenvalue weighted by atomic mass is 10.0. The zero-order valence-corrected chi connectivity index (χ0v) is 12.4. The average molecular weight is 276 g/mol. The van der Waals surface area contributed by atoms with Crippen LogP contribution in [-0.4, -0.2) is 14.4 Å². The third-order valence-electron chi connectivity index (χ3n) is 2.24. The Balaban J connectivity index is 3.15. The van der Waals surface area contributed by atoms with Crippen molar-refractivity contribution in [2.75, 3.05) is 0 Å². The van der Waals surface area contributed by atoms with Crippen molar-refractivity contribution in [1.29, 1.82) is 0 Å². The third kappa shape index (κ3) is 4.07. The molecule has 0 radical (unpaired) electrons. The molecule has 1 aromatic carbocycles. The van der Waals surface area contributed by atoms with Crippen molar-refractivity contribution in [2.24, 2.45) is 5.73 Å². The van der Waals surface area contributed by atoms with Crippen molar-refractivity contribution in [2.45, 2.75) is 38.7 Å². The molecular formula is C12H19ClFNOSi. The van der Waals surface area contributed by atoms with Gasteiger partial charge in [-0.2, -0.15) is 0 Å². The standard InChI is InChI=1S/C12H19ClFNOSi/c1-8(15)12(16-17(2,3)4)11-9(13)6-5-7-10(11)14/h5-8,12H,15H2,1-4H3. The molecule has 0 saturated carbocycles. The highest BCUT2D eigenvalue weighted by Gasteiger charge is 2.28. The maximum Gasteiger partial charge on any atom is 0.184 e. The molecule has 2 nitrogen and oxygen atoms in total. The van der Waals surface area contributed by atoms with Gasteiger partial charge in [0, 0.05) is 16.6 Å². The summed E-state index contributed by atoms with van der Waals surface area (Å²) < 4.78 is 19.8. The van der Waals surface area contributed by atoms with Crippen LogP contribution < -0.4 is 5.73 Å². The maximum atomic E-state index is 13.8. The summed E-state index contributed by atoms with van der Waals surface area (Å²) in [7, 11) is -1.82. The summed E-state index contributed by atoms with van der Waals surface area (Å²) >= 11 is 6.04. The molecule has 96 valence electrons. The van der Waals surface area contributed by atoms with E-state index in [4.69, 9.17) is 21.8 Å². The molecule has 0 spiro atoms. The lowest BCUT2D eigenvalue weighted by molar-refractivity contribution is 0.168. The fraction of sp³-hybridized carbons (Fsp3) is 0.500. The van der Waals surface area contributed by atoms with E-state index in [0.29, 0.717) is 10.6 Å². The summed E-state index contributed by atoms with van der Waals surface area (Å²) in [6.07, 6.45) is -0.490. The van der Waals surface area contributed by atoms with Gasteiger partial charge in [0.25, 0.3) is 0 Å². The molecule has 0 saturated heterocycles. The Morgan fingerprint density at radius 1 is 1.35 bits per heavy atom. The van der Waals surface area contributed by atoms with Gasteiger partial charge in [0.2, 0.25) is 0 Å². The van der Waals surface area contributed by atoms with E-state index < -0.39 is 14.4 Å². The molecule has 2 atom stereocenters. The van der Waals surface area contributed by atoms with Crippen LogP contribution in [0.4, 0.5) is 4.39 Å². The summed E-state index contributed by atoms with van der Waals surface area (Å²) in [6, 6.07) is 4.30. The summed E-state index contributed by atoms with van der Waals surface area (Å²) in [6.45, 7) is 7.92. The van der Waals surface area contributed by atoms with Crippen molar-refractivity contribution in [1.82, 2.24) is 0 Å². The fourth-order valence-corrected chi connectivity index (χ4v) is 2.96. The normalized spacial score (nSPS) is 15.7. The second kappa shape index (κ2) is 5.48. The molecule has 0 aliphatic heterocycles. The number of hydrogen-bond donors (Lipinski definition) is 1. The predicted molar refractivity (Wildman–Crippen MR) is 72.2 cm³/mol. The van der Waals surface area contributed by atoms with Crippen LogP contribution in [0.25, 0.3) is 0 Å². The van der Waals surface area contributed by atoms with Gasteiger partial charge in [0.05, 0.1) is 6.10 Å². The monoisotopic (exact) mass is 275 g/mol. The highest BCUT2D eigenvalue weighted by Crippen LogP contribution is 2.32. The van der Waals surface area contributed by atoms with Crippen LogP contribution >= 0.6 is 11.6 Å². The number of nitrogens with two attached hydrogens (primary N) is 1. The molecule has 2 N–H and O–H groups in total. The van der Waals surface area contributed by atoms with Gasteiger partial charge in [0.1, 0.15) is 5.82 Å². The summed E-state index contributed by atoms with van der Waals surface area (Å²) in [5.74, 6) is -0.363. The summed E-state index contributed by atoms with van der Waals surface area (Å²) in [4.78, 5) is 0. The van der Waals surface area contributed by atoms with Gasteiger partial charge in [-0.15, -0.1) is 0 Å². The van der Waals surface area contributed by atoms with Crippen molar-refractivity contribution in [3.63, 3.8) is 0 Å². The molecule has 1 aromatic rings. The molecular weight excluding hydrogens is 257 g/mol. The first-order valence-electron chi connectivity index (χ1n) is 5.59. The second-order valence-corrected chi connectivity index (χ2v) is 10.0. The smallest absolute Gasteiger partial charge is 0.184 e. The number of halogens is 2. The van der Waals surface area contributed by atoms with Crippen molar-refractivity contribution < 1.29 is 8.82 Å². The highest BCUT2D eigenvalue weighted by molar-refractivity contribution is 6.69. The van der Waals surface area contributed by atoms with Crippen molar-refractivity contribution >= 4 is 19.9 Å². The minimum Gasteiger partial charge on any atom is -0.409 e. The topological polar surface area (TPSA) is 35.2 Å². The molecule has 0 aliphatic rings. The van der Waals surface area contributed by atoms with Crippen LogP contribution in [-0.2, 0) is 4.43 Å². The highest BCUT2D eigenvalue weighted by atomic mass is 35.5. The zero-order valence-electron chi connectivity index (χ0n) is 10.6. The Kier molecular flexibility index (Phi) is 4.72. The quantitative estimate of drug-likeness (QED) is 0.850. The number of benzene rings is 1. The summed E-state index contributed by atoms with van der Waals surface area (Å²) in [5.41, 5.74) is 6.25. The molecule has 0 aromatic heterocycles. The average Bonchev–Trinajstić information content (AvgIpc) is 2.13. The lowest BCUT2D eigenvalue weighted by Gasteiger charge is -2.30. The van der Waals surface area contributed by atoms with Crippen LogP contribution in [0.3, 0.4) is 0 Å². The van der Waals surface area contributed by atoms with Gasteiger partial charge >= 0.3 is 0 Å². The van der Waals surface area contributed by atoms with Gasteiger partial charge in [-0.3, -0.25) is 0 Å². The molecule has 2 unspecified atom stereocenters. The van der Waals surface area contributed by atoms with Crippen LogP contribution in [0.1, 0.15) is 18.6 Å². The Labute approximate surface area is 108 Å². The first kappa shape index (κ1) is 14.6. The molecule has 0 bridgehead atoms. The second-order valence-electron chi connectivity index (χ2n) is 5.15. The van der Waals surface area contributed by atoms with E-state index in [1.165, 1.54) is 6.07 Å². The van der Waals surface area contributed by atoms with Gasteiger partial charge in [-0.05, 0) is 38.7 Å². The molecule has 1 rings (SSSR count). The largest absolute Gasteiger partial charge is 0.409 e. The SMILES string of the molecule is CC(N)C(O[Si](C)(C)C)c1c(F)cccc1Cl. The zero-order chi connectivity index (χ0) is 13.2. The minimum atomic E-state index is -1.82. The summed E-state index contributed by atoms with van der Waals surface area (Å²) in [5, 5.41) is 0.366. The van der Waals surface area contributed by atoms with Gasteiger partial charge in [-0.1, -0.05) is 17.7 Å². The Morgan fingerprint density at radius 3 is 2.35 bits per heavy atom. The van der Waals surface area contributed by atoms with E-state index in [9.17, 15) is 4.39 Å². The van der Waals surface area contributed by atoms with Crippen LogP contribution in [0.2, 0.25) is 24.7 Å². The lowest BCUT2D eigenvalue weighted by Crippen LogP contribution is -2.36. The van der Waals surface area contributed by atoms with Gasteiger partial charge in [-0.25, -0.2) is 4.39 Å². The van der Waals surface area contributed by atoms with E-state index in [2.05, 4.69) is 0 Å². The van der Waals surface area contributed by atoms with E-state index in [-0.39, 0.29) is 11.9 Å². The Hall–Kier alpha value is -0.423. The molecule has 0 heterocycles. The fourth-order valence-electron chi connectivity index (χ4n) is 1.59. The third-order valence-corrected chi connectivity index (χ3v) is 3.53. The van der Waals surface area contributed by atoms with Crippen LogP contribution in [0.5, 0.6) is 0 Å². The van der Waals surface area contributed by atoms with Crippen LogP contribution in [0.15, 0.2) is 18.2 Å². The first-order valence-corrected chi connectivity index (χ1v) is 9.38. The minimum absolute atomic E-state index is 0.309. The number of rotatable bonds is 4. The molecule has 17 heavy (non-hydrogen) atoms. The molecule has 0 amide bonds. The van der Waals surface area contributed by atoms with E-state index in [1.54, 1.807) is 19.1 Å². The maximum absolute atomic E-state index is 13.8. The van der Waals surface area contributed by atoms with E-state index in [1.807, 2.05) is 19.6 Å². The molecule has 0 aliphatic carbocycles. The molecule has 5 heteroatoms.